The zero-order chi connectivity index (χ0) is 39.8. The Kier molecular flexibility index (Phi) is 16.5. The summed E-state index contributed by atoms with van der Waals surface area (Å²) in [5, 5.41) is 10.5. The average Bonchev–Trinajstić information content (AvgIpc) is 3.25. The predicted octanol–water partition coefficient (Wildman–Crippen LogP) is 9.46. The molecule has 56 heavy (non-hydrogen) atoms. The minimum Gasteiger partial charge on any atom is -0.356 e. The van der Waals surface area contributed by atoms with E-state index < -0.39 is 28.4 Å². The molecule has 0 spiro atoms. The minimum atomic E-state index is -1.33. The molecule has 0 amide bonds. The molecule has 0 aromatic heterocycles. The molecule has 1 aliphatic rings. The Morgan fingerprint density at radius 2 is 0.875 bits per heavy atom. The largest absolute Gasteiger partial charge is 0.356 e. The lowest BCUT2D eigenvalue weighted by Crippen LogP contribution is -2.53. The molecule has 0 saturated carbocycles. The maximum Gasteiger partial charge on any atom is 0.213 e. The van der Waals surface area contributed by atoms with Crippen molar-refractivity contribution in [1.29, 1.82) is 5.26 Å². The monoisotopic (exact) mass is 790 g/mol. The van der Waals surface area contributed by atoms with Crippen molar-refractivity contribution in [2.45, 2.75) is 102 Å². The molecule has 5 rings (SSSR count). The smallest absolute Gasteiger partial charge is 0.213 e. The molecule has 298 valence electrons. The quantitative estimate of drug-likeness (QED) is 0.0382. The minimum absolute atomic E-state index is 0.122. The molecule has 1 saturated heterocycles. The number of guanidine groups is 1. The van der Waals surface area contributed by atoms with Crippen LogP contribution < -0.4 is 0 Å². The van der Waals surface area contributed by atoms with Gasteiger partial charge in [-0.3, -0.25) is 0 Å². The van der Waals surface area contributed by atoms with Crippen molar-refractivity contribution in [2.75, 3.05) is 26.8 Å². The molecule has 4 aromatic carbocycles. The standard InChI is InChI=1S/C46H62N4O4Si2/c1-55(2,3)29-27-51-36-53-44-42(31-38-19-11-7-12-20-38)49(33-40-23-15-9-16-24-40)46(48-35-47)50(34-41-25-17-10-18-26-41)43(32-39-21-13-8-14-22-39)45(44)54-37-52-28-30-56(4,5)6/h7-26,42-45H,27-34,36-37H2,1-6H3/t42-,43-,44+,45+/m1/s1. The van der Waals surface area contributed by atoms with Gasteiger partial charge < -0.3 is 28.7 Å². The third-order valence-corrected chi connectivity index (χ3v) is 13.6. The number of nitriles is 1. The molecule has 4 atom stereocenters. The van der Waals surface area contributed by atoms with Crippen LogP contribution in [0.5, 0.6) is 0 Å². The highest BCUT2D eigenvalue weighted by Gasteiger charge is 2.48. The van der Waals surface area contributed by atoms with E-state index in [9.17, 15) is 5.26 Å². The summed E-state index contributed by atoms with van der Waals surface area (Å²) < 4.78 is 26.7. The zero-order valence-corrected chi connectivity index (χ0v) is 36.3. The zero-order valence-electron chi connectivity index (χ0n) is 34.3. The van der Waals surface area contributed by atoms with Gasteiger partial charge in [0.25, 0.3) is 0 Å². The lowest BCUT2D eigenvalue weighted by molar-refractivity contribution is -0.188. The van der Waals surface area contributed by atoms with Crippen LogP contribution in [-0.2, 0) is 44.9 Å². The van der Waals surface area contributed by atoms with Crippen LogP contribution in [0, 0.1) is 11.5 Å². The number of hydrogen-bond acceptors (Lipinski definition) is 6. The molecule has 1 fully saturated rings. The first-order valence-electron chi connectivity index (χ1n) is 20.1. The number of rotatable bonds is 20. The molecule has 4 aromatic rings. The maximum absolute atomic E-state index is 10.5. The van der Waals surface area contributed by atoms with Crippen molar-refractivity contribution < 1.29 is 18.9 Å². The van der Waals surface area contributed by atoms with Crippen LogP contribution in [0.4, 0.5) is 0 Å². The molecule has 0 unspecified atom stereocenters. The van der Waals surface area contributed by atoms with Gasteiger partial charge in [-0.25, -0.2) is 0 Å². The van der Waals surface area contributed by atoms with Crippen LogP contribution >= 0.6 is 0 Å². The van der Waals surface area contributed by atoms with E-state index >= 15 is 0 Å². The molecule has 0 N–H and O–H groups in total. The summed E-state index contributed by atoms with van der Waals surface area (Å²) in [5.74, 6) is 0.598. The Labute approximate surface area is 338 Å². The summed E-state index contributed by atoms with van der Waals surface area (Å²) in [6, 6.07) is 43.4. The maximum atomic E-state index is 10.5. The SMILES string of the molecule is C[Si](C)(C)CCOCO[C@@H]1[C@@H](OCOCC[Si](C)(C)C)[C@@H](Cc2ccccc2)N(Cc2ccccc2)C(=NC#N)N(Cc2ccccc2)[C@@H]1Cc1ccccc1. The van der Waals surface area contributed by atoms with Crippen LogP contribution in [0.15, 0.2) is 126 Å². The van der Waals surface area contributed by atoms with E-state index in [1.54, 1.807) is 0 Å². The topological polar surface area (TPSA) is 79.5 Å². The van der Waals surface area contributed by atoms with Crippen LogP contribution in [0.2, 0.25) is 51.4 Å². The molecule has 0 aliphatic carbocycles. The van der Waals surface area contributed by atoms with Crippen molar-refractivity contribution in [2.24, 2.45) is 4.99 Å². The molecule has 1 heterocycles. The second-order valence-electron chi connectivity index (χ2n) is 17.2. The third kappa shape index (κ3) is 13.8. The van der Waals surface area contributed by atoms with Crippen LogP contribution in [0.3, 0.4) is 0 Å². The van der Waals surface area contributed by atoms with Crippen LogP contribution in [0.25, 0.3) is 0 Å². The van der Waals surface area contributed by atoms with Gasteiger partial charge in [0.2, 0.25) is 12.2 Å². The first-order valence-corrected chi connectivity index (χ1v) is 27.5. The number of nitrogens with zero attached hydrogens (tertiary/aromatic N) is 4. The molecular weight excluding hydrogens is 729 g/mol. The van der Waals surface area contributed by atoms with Gasteiger partial charge >= 0.3 is 0 Å². The van der Waals surface area contributed by atoms with Gasteiger partial charge in [-0.05, 0) is 47.2 Å². The lowest BCUT2D eigenvalue weighted by Gasteiger charge is -2.39. The van der Waals surface area contributed by atoms with Crippen molar-refractivity contribution in [3.05, 3.63) is 144 Å². The van der Waals surface area contributed by atoms with Gasteiger partial charge in [-0.1, -0.05) is 161 Å². The molecule has 0 radical (unpaired) electrons. The van der Waals surface area contributed by atoms with Crippen LogP contribution in [-0.4, -0.2) is 83.0 Å². The molecule has 8 nitrogen and oxygen atoms in total. The molecular formula is C46H62N4O4Si2. The lowest BCUT2D eigenvalue weighted by atomic mass is 9.90. The van der Waals surface area contributed by atoms with E-state index in [1.165, 1.54) is 0 Å². The van der Waals surface area contributed by atoms with Gasteiger partial charge in [-0.15, -0.1) is 4.99 Å². The Morgan fingerprint density at radius 3 is 1.20 bits per heavy atom. The Bertz CT molecular complexity index is 1660. The number of hydrogen-bond donors (Lipinski definition) is 0. The first-order chi connectivity index (χ1) is 27.0. The average molecular weight is 791 g/mol. The fraction of sp³-hybridized carbons (Fsp3) is 0.435. The highest BCUT2D eigenvalue weighted by atomic mass is 28.3. The summed E-state index contributed by atoms with van der Waals surface area (Å²) in [4.78, 5) is 9.31. The summed E-state index contributed by atoms with van der Waals surface area (Å²) in [6.07, 6.45) is 2.49. The Hall–Kier alpha value is -4.09. The summed E-state index contributed by atoms with van der Waals surface area (Å²) >= 11 is 0. The van der Waals surface area contributed by atoms with Gasteiger partial charge in [0.1, 0.15) is 25.8 Å². The van der Waals surface area contributed by atoms with E-state index in [1.807, 2.05) is 24.3 Å². The summed E-state index contributed by atoms with van der Waals surface area (Å²) in [6.45, 7) is 16.7. The molecule has 1 aliphatic heterocycles. The van der Waals surface area contributed by atoms with Crippen molar-refractivity contribution in [1.82, 2.24) is 9.80 Å². The molecule has 0 bridgehead atoms. The highest BCUT2D eigenvalue weighted by Crippen LogP contribution is 2.33. The van der Waals surface area contributed by atoms with Crippen molar-refractivity contribution in [3.63, 3.8) is 0 Å². The second-order valence-corrected chi connectivity index (χ2v) is 28.4. The predicted molar refractivity (Wildman–Crippen MR) is 233 cm³/mol. The number of ether oxygens (including phenoxy) is 4. The fourth-order valence-corrected chi connectivity index (χ4v) is 8.58. The number of benzene rings is 4. The van der Waals surface area contributed by atoms with Gasteiger partial charge in [0.05, 0.1) is 12.1 Å². The first kappa shape index (κ1) is 43.0. The highest BCUT2D eigenvalue weighted by molar-refractivity contribution is 6.76. The van der Waals surface area contributed by atoms with E-state index in [0.29, 0.717) is 45.1 Å². The van der Waals surface area contributed by atoms with E-state index in [-0.39, 0.29) is 25.7 Å². The van der Waals surface area contributed by atoms with Crippen molar-refractivity contribution >= 4 is 22.1 Å². The normalized spacial score (nSPS) is 19.1. The summed E-state index contributed by atoms with van der Waals surface area (Å²) in [7, 11) is -2.65. The third-order valence-electron chi connectivity index (χ3n) is 10.2. The number of aliphatic imine (C=N–C) groups is 1. The van der Waals surface area contributed by atoms with E-state index in [4.69, 9.17) is 23.9 Å². The fourth-order valence-electron chi connectivity index (χ4n) is 7.07. The summed E-state index contributed by atoms with van der Waals surface area (Å²) in [5.41, 5.74) is 4.52. The van der Waals surface area contributed by atoms with Gasteiger partial charge in [-0.2, -0.15) is 5.26 Å². The van der Waals surface area contributed by atoms with E-state index in [0.717, 1.165) is 34.3 Å². The van der Waals surface area contributed by atoms with Gasteiger partial charge in [0, 0.05) is 42.5 Å². The van der Waals surface area contributed by atoms with Crippen LogP contribution in [0.1, 0.15) is 22.3 Å². The Morgan fingerprint density at radius 1 is 0.536 bits per heavy atom. The van der Waals surface area contributed by atoms with E-state index in [2.05, 4.69) is 152 Å². The van der Waals surface area contributed by atoms with Gasteiger partial charge in [0.15, 0.2) is 0 Å². The second kappa shape index (κ2) is 21.4. The Balaban J connectivity index is 1.68. The van der Waals surface area contributed by atoms with Crippen molar-refractivity contribution in [3.8, 4) is 6.19 Å². The molecule has 10 heteroatoms.